The van der Waals surface area contributed by atoms with Gasteiger partial charge in [0.25, 0.3) is 11.8 Å². The Labute approximate surface area is 174 Å². The minimum atomic E-state index is -0.544. The van der Waals surface area contributed by atoms with Crippen LogP contribution in [0.25, 0.3) is 0 Å². The molecule has 1 aliphatic rings. The van der Waals surface area contributed by atoms with Crippen LogP contribution in [0.3, 0.4) is 0 Å². The lowest BCUT2D eigenvalue weighted by Gasteiger charge is -2.21. The lowest BCUT2D eigenvalue weighted by molar-refractivity contribution is -0.150. The summed E-state index contributed by atoms with van der Waals surface area (Å²) < 4.78 is 5.33. The zero-order chi connectivity index (χ0) is 21.0. The molecular formula is C22H26N2O4S. The van der Waals surface area contributed by atoms with Crippen molar-refractivity contribution >= 4 is 34.1 Å². The number of nitrogens with two attached hydrogens (primary N) is 1. The van der Waals surface area contributed by atoms with E-state index in [0.29, 0.717) is 10.6 Å². The molecule has 0 fully saturated rings. The van der Waals surface area contributed by atoms with Gasteiger partial charge in [0.15, 0.2) is 6.61 Å². The molecule has 2 amide bonds. The molecule has 3 rings (SSSR count). The minimum absolute atomic E-state index is 0.0784. The van der Waals surface area contributed by atoms with Crippen LogP contribution in [0.15, 0.2) is 30.3 Å². The van der Waals surface area contributed by atoms with Crippen LogP contribution in [0.2, 0.25) is 0 Å². The van der Waals surface area contributed by atoms with Crippen molar-refractivity contribution in [1.82, 2.24) is 0 Å². The summed E-state index contributed by atoms with van der Waals surface area (Å²) in [5.74, 6) is -1.80. The Kier molecular flexibility index (Phi) is 6.69. The summed E-state index contributed by atoms with van der Waals surface area (Å²) in [5, 5.41) is 3.15. The normalized spacial score (nSPS) is 14.7. The summed E-state index contributed by atoms with van der Waals surface area (Å²) in [6.45, 7) is 3.60. The number of thiophene rings is 1. The van der Waals surface area contributed by atoms with Crippen LogP contribution in [0.5, 0.6) is 0 Å². The summed E-state index contributed by atoms with van der Waals surface area (Å²) in [6, 6.07) is 9.44. The molecule has 1 aromatic heterocycles. The summed E-state index contributed by atoms with van der Waals surface area (Å²) in [5.41, 5.74) is 7.72. The number of hydrogen-bond donors (Lipinski definition) is 2. The van der Waals surface area contributed by atoms with Gasteiger partial charge >= 0.3 is 5.97 Å². The number of rotatable bonds is 8. The van der Waals surface area contributed by atoms with Gasteiger partial charge in [-0.1, -0.05) is 50.6 Å². The number of nitrogens with one attached hydrogen (secondary N) is 1. The number of anilines is 1. The van der Waals surface area contributed by atoms with Crippen LogP contribution in [0.4, 0.5) is 5.00 Å². The molecule has 0 radical (unpaired) electrons. The highest BCUT2D eigenvalue weighted by atomic mass is 32.1. The second-order valence-corrected chi connectivity index (χ2v) is 8.46. The molecule has 29 heavy (non-hydrogen) atoms. The van der Waals surface area contributed by atoms with E-state index in [1.54, 1.807) is 0 Å². The van der Waals surface area contributed by atoms with Crippen molar-refractivity contribution in [2.75, 3.05) is 11.9 Å². The highest BCUT2D eigenvalue weighted by Crippen LogP contribution is 2.38. The number of esters is 1. The topological polar surface area (TPSA) is 98.5 Å². The van der Waals surface area contributed by atoms with Crippen LogP contribution in [-0.4, -0.2) is 24.4 Å². The summed E-state index contributed by atoms with van der Waals surface area (Å²) in [7, 11) is 0. The smallest absolute Gasteiger partial charge is 0.314 e. The highest BCUT2D eigenvalue weighted by molar-refractivity contribution is 7.17. The predicted molar refractivity (Wildman–Crippen MR) is 113 cm³/mol. The first kappa shape index (κ1) is 21.0. The number of amides is 2. The van der Waals surface area contributed by atoms with Gasteiger partial charge in [0.05, 0.1) is 11.5 Å². The summed E-state index contributed by atoms with van der Waals surface area (Å²) in [4.78, 5) is 38.0. The molecule has 0 unspecified atom stereocenters. The maximum Gasteiger partial charge on any atom is 0.314 e. The van der Waals surface area contributed by atoms with Gasteiger partial charge in [0.2, 0.25) is 0 Å². The molecule has 0 bridgehead atoms. The lowest BCUT2D eigenvalue weighted by Crippen LogP contribution is -2.27. The van der Waals surface area contributed by atoms with Crippen LogP contribution in [0, 0.1) is 5.92 Å². The van der Waals surface area contributed by atoms with E-state index in [-0.39, 0.29) is 5.92 Å². The average Bonchev–Trinajstić information content (AvgIpc) is 3.27. The fourth-order valence-electron chi connectivity index (χ4n) is 3.74. The van der Waals surface area contributed by atoms with E-state index in [1.165, 1.54) is 11.3 Å². The Bertz CT molecular complexity index is 907. The first-order valence-corrected chi connectivity index (χ1v) is 10.7. The van der Waals surface area contributed by atoms with Crippen LogP contribution in [0.1, 0.15) is 59.0 Å². The largest absolute Gasteiger partial charge is 0.455 e. The quantitative estimate of drug-likeness (QED) is 0.644. The molecule has 2 atom stereocenters. The molecule has 0 spiro atoms. The van der Waals surface area contributed by atoms with Crippen molar-refractivity contribution in [1.29, 1.82) is 0 Å². The van der Waals surface area contributed by atoms with Gasteiger partial charge in [-0.3, -0.25) is 14.4 Å². The zero-order valence-corrected chi connectivity index (χ0v) is 17.5. The second-order valence-electron chi connectivity index (χ2n) is 7.36. The molecule has 2 aromatic rings. The van der Waals surface area contributed by atoms with Crippen molar-refractivity contribution in [3.63, 3.8) is 0 Å². The molecule has 1 aliphatic carbocycles. The van der Waals surface area contributed by atoms with Crippen molar-refractivity contribution in [2.24, 2.45) is 11.7 Å². The second kappa shape index (κ2) is 9.22. The van der Waals surface area contributed by atoms with Crippen LogP contribution >= 0.6 is 11.3 Å². The van der Waals surface area contributed by atoms with E-state index in [2.05, 4.69) is 5.32 Å². The van der Waals surface area contributed by atoms with E-state index in [4.69, 9.17) is 10.5 Å². The van der Waals surface area contributed by atoms with Crippen molar-refractivity contribution < 1.29 is 19.1 Å². The van der Waals surface area contributed by atoms with Crippen LogP contribution < -0.4 is 11.1 Å². The molecule has 7 heteroatoms. The van der Waals surface area contributed by atoms with Crippen molar-refractivity contribution in [2.45, 2.75) is 45.4 Å². The Morgan fingerprint density at radius 1 is 1.21 bits per heavy atom. The number of carbonyl (C=O) groups excluding carboxylic acids is 3. The molecule has 6 nitrogen and oxygen atoms in total. The van der Waals surface area contributed by atoms with E-state index in [9.17, 15) is 14.4 Å². The van der Waals surface area contributed by atoms with Gasteiger partial charge in [-0.25, -0.2) is 0 Å². The van der Waals surface area contributed by atoms with Gasteiger partial charge in [-0.15, -0.1) is 11.3 Å². The highest BCUT2D eigenvalue weighted by Gasteiger charge is 2.29. The lowest BCUT2D eigenvalue weighted by atomic mass is 9.86. The number of carbonyl (C=O) groups is 3. The van der Waals surface area contributed by atoms with Gasteiger partial charge < -0.3 is 15.8 Å². The number of benzene rings is 1. The van der Waals surface area contributed by atoms with Gasteiger partial charge in [0, 0.05) is 4.88 Å². The number of primary amides is 1. The Morgan fingerprint density at radius 2 is 1.93 bits per heavy atom. The summed E-state index contributed by atoms with van der Waals surface area (Å²) in [6.07, 6.45) is 3.48. The van der Waals surface area contributed by atoms with E-state index < -0.39 is 30.3 Å². The number of ether oxygens (including phenoxy) is 1. The number of aryl methyl sites for hydroxylation is 1. The number of hydrogen-bond acceptors (Lipinski definition) is 5. The maximum absolute atomic E-state index is 12.7. The Morgan fingerprint density at radius 3 is 2.59 bits per heavy atom. The first-order valence-electron chi connectivity index (χ1n) is 9.88. The molecule has 3 N–H and O–H groups in total. The molecule has 1 aromatic carbocycles. The molecule has 154 valence electrons. The third-order valence-electron chi connectivity index (χ3n) is 5.39. The van der Waals surface area contributed by atoms with Crippen molar-refractivity contribution in [3.8, 4) is 0 Å². The molecule has 0 saturated carbocycles. The van der Waals surface area contributed by atoms with Gasteiger partial charge in [-0.2, -0.15) is 0 Å². The van der Waals surface area contributed by atoms with E-state index in [1.807, 2.05) is 44.2 Å². The predicted octanol–water partition coefficient (Wildman–Crippen LogP) is 3.65. The number of fused-ring (bicyclic) bond motifs is 1. The molecular weight excluding hydrogens is 388 g/mol. The third kappa shape index (κ3) is 4.67. The van der Waals surface area contributed by atoms with Crippen molar-refractivity contribution in [3.05, 3.63) is 51.9 Å². The average molecular weight is 415 g/mol. The van der Waals surface area contributed by atoms with E-state index in [0.717, 1.165) is 41.7 Å². The van der Waals surface area contributed by atoms with Gasteiger partial charge in [0.1, 0.15) is 5.00 Å². The summed E-state index contributed by atoms with van der Waals surface area (Å²) >= 11 is 1.38. The Hall–Kier alpha value is -2.67. The monoisotopic (exact) mass is 414 g/mol. The first-order chi connectivity index (χ1) is 13.9. The molecule has 0 saturated heterocycles. The molecule has 1 heterocycles. The third-order valence-corrected chi connectivity index (χ3v) is 6.60. The maximum atomic E-state index is 12.7. The van der Waals surface area contributed by atoms with Gasteiger partial charge in [-0.05, 0) is 36.3 Å². The molecule has 0 aliphatic heterocycles. The minimum Gasteiger partial charge on any atom is -0.455 e. The standard InChI is InChI=1S/C22H26N2O4S/c1-3-13(2)18(14-8-5-4-6-9-14)22(27)28-12-17(25)24-21-19(20(23)26)15-10-7-11-16(15)29-21/h4-6,8-9,13,18H,3,7,10-12H2,1-2H3,(H2,23,26)(H,24,25)/t13-,18-/m0/s1. The SMILES string of the molecule is CC[C@H](C)[C@H](C(=O)OCC(=O)Nc1sc2c(c1C(N)=O)CCC2)c1ccccc1. The Balaban J connectivity index is 1.66. The zero-order valence-electron chi connectivity index (χ0n) is 16.7. The fourth-order valence-corrected chi connectivity index (χ4v) is 5.05. The van der Waals surface area contributed by atoms with Crippen LogP contribution in [-0.2, 0) is 27.2 Å². The fraction of sp³-hybridized carbons (Fsp3) is 0.409. The van der Waals surface area contributed by atoms with E-state index >= 15 is 0 Å².